The molecule has 0 saturated carbocycles. The van der Waals surface area contributed by atoms with Gasteiger partial charge in [0.05, 0.1) is 6.33 Å². The summed E-state index contributed by atoms with van der Waals surface area (Å²) in [5, 5.41) is 8.53. The molecule has 0 unspecified atom stereocenters. The maximum atomic E-state index is 12.1. The first-order valence-corrected chi connectivity index (χ1v) is 11.3. The molecule has 11 nitrogen and oxygen atoms in total. The second-order valence-corrected chi connectivity index (χ2v) is 8.07. The molecule has 1 aromatic carbocycles. The quantitative estimate of drug-likeness (QED) is 0.416. The van der Waals surface area contributed by atoms with Crippen LogP contribution < -0.4 is 16.0 Å². The fourth-order valence-electron chi connectivity index (χ4n) is 3.99. The number of aromatic nitrogens is 4. The zero-order chi connectivity index (χ0) is 25.7. The summed E-state index contributed by atoms with van der Waals surface area (Å²) in [7, 11) is 0. The molecular weight excluding hydrogens is 460 g/mol. The standard InChI is InChI=1S/C25H26N8O3/c1-4-19(34)27-16-8-7-9-17(14-16)28-25-30-23(29-20(35)5-2)22-24(31-25)33(15-26-22)18-10-12-32(13-11-18)21(36)6-3/h4-9,14-15,18H,1-3,10-13H2,(H,27,34)(H2,28,29,30,31,35). The van der Waals surface area contributed by atoms with E-state index in [4.69, 9.17) is 0 Å². The minimum Gasteiger partial charge on any atom is -0.339 e. The third-order valence-electron chi connectivity index (χ3n) is 5.76. The second-order valence-electron chi connectivity index (χ2n) is 8.07. The first kappa shape index (κ1) is 24.3. The van der Waals surface area contributed by atoms with E-state index in [0.29, 0.717) is 35.6 Å². The van der Waals surface area contributed by atoms with Crippen LogP contribution in [0.4, 0.5) is 23.1 Å². The van der Waals surface area contributed by atoms with E-state index >= 15 is 0 Å². The van der Waals surface area contributed by atoms with Gasteiger partial charge in [0.1, 0.15) is 0 Å². The van der Waals surface area contributed by atoms with Crippen molar-refractivity contribution in [2.45, 2.75) is 18.9 Å². The maximum Gasteiger partial charge on any atom is 0.248 e. The number of hydrogen-bond donors (Lipinski definition) is 3. The normalized spacial score (nSPS) is 13.6. The highest BCUT2D eigenvalue weighted by Crippen LogP contribution is 2.30. The SMILES string of the molecule is C=CC(=O)Nc1cccc(Nc2nc(NC(=O)C=C)c3ncn(C4CCN(C(=O)C=C)CC4)c3n2)c1. The predicted octanol–water partition coefficient (Wildman–Crippen LogP) is 3.17. The number of benzene rings is 1. The first-order chi connectivity index (χ1) is 17.4. The number of imidazole rings is 1. The van der Waals surface area contributed by atoms with Gasteiger partial charge < -0.3 is 25.4 Å². The highest BCUT2D eigenvalue weighted by Gasteiger charge is 2.25. The molecule has 1 aliphatic heterocycles. The molecule has 1 fully saturated rings. The van der Waals surface area contributed by atoms with Crippen molar-refractivity contribution >= 4 is 52.0 Å². The Labute approximate surface area is 207 Å². The third kappa shape index (κ3) is 5.30. The van der Waals surface area contributed by atoms with E-state index in [-0.39, 0.29) is 29.6 Å². The van der Waals surface area contributed by atoms with Crippen molar-refractivity contribution < 1.29 is 14.4 Å². The topological polar surface area (TPSA) is 134 Å². The van der Waals surface area contributed by atoms with E-state index in [1.807, 2.05) is 4.57 Å². The van der Waals surface area contributed by atoms with Crippen LogP contribution in [-0.2, 0) is 14.4 Å². The Morgan fingerprint density at radius 2 is 1.64 bits per heavy atom. The molecule has 2 aromatic heterocycles. The second kappa shape index (κ2) is 10.6. The minimum atomic E-state index is -0.430. The summed E-state index contributed by atoms with van der Waals surface area (Å²) in [6, 6.07) is 7.09. The summed E-state index contributed by atoms with van der Waals surface area (Å²) < 4.78 is 1.95. The number of likely N-dealkylation sites (tertiary alicyclic amines) is 1. The van der Waals surface area contributed by atoms with E-state index in [0.717, 1.165) is 18.9 Å². The largest absolute Gasteiger partial charge is 0.339 e. The molecular formula is C25H26N8O3. The van der Waals surface area contributed by atoms with E-state index in [1.54, 1.807) is 35.5 Å². The van der Waals surface area contributed by atoms with Crippen LogP contribution in [0.2, 0.25) is 0 Å². The van der Waals surface area contributed by atoms with Gasteiger partial charge in [0.25, 0.3) is 0 Å². The lowest BCUT2D eigenvalue weighted by atomic mass is 10.0. The summed E-state index contributed by atoms with van der Waals surface area (Å²) in [6.07, 6.45) is 6.77. The van der Waals surface area contributed by atoms with Crippen molar-refractivity contribution in [1.29, 1.82) is 0 Å². The molecule has 0 spiro atoms. The Balaban J connectivity index is 1.66. The number of fused-ring (bicyclic) bond motifs is 1. The number of carbonyl (C=O) groups excluding carboxylic acids is 3. The number of amides is 3. The van der Waals surface area contributed by atoms with Crippen LogP contribution in [0.3, 0.4) is 0 Å². The Morgan fingerprint density at radius 3 is 2.33 bits per heavy atom. The van der Waals surface area contributed by atoms with Gasteiger partial charge in [-0.2, -0.15) is 9.97 Å². The van der Waals surface area contributed by atoms with Crippen LogP contribution in [0.5, 0.6) is 0 Å². The smallest absolute Gasteiger partial charge is 0.248 e. The Hall–Kier alpha value is -4.80. The predicted molar refractivity (Wildman–Crippen MR) is 138 cm³/mol. The zero-order valence-corrected chi connectivity index (χ0v) is 19.6. The van der Waals surface area contributed by atoms with Crippen molar-refractivity contribution in [2.75, 3.05) is 29.0 Å². The molecule has 3 aromatic rings. The summed E-state index contributed by atoms with van der Waals surface area (Å²) in [4.78, 5) is 51.0. The van der Waals surface area contributed by atoms with Crippen LogP contribution >= 0.6 is 0 Å². The van der Waals surface area contributed by atoms with Gasteiger partial charge in [-0.05, 0) is 49.3 Å². The average Bonchev–Trinajstić information content (AvgIpc) is 3.32. The van der Waals surface area contributed by atoms with Crippen molar-refractivity contribution in [2.24, 2.45) is 0 Å². The number of piperidine rings is 1. The van der Waals surface area contributed by atoms with Crippen LogP contribution in [0, 0.1) is 0 Å². The molecule has 3 heterocycles. The number of rotatable bonds is 8. The van der Waals surface area contributed by atoms with Crippen molar-refractivity contribution in [3.05, 3.63) is 68.6 Å². The van der Waals surface area contributed by atoms with Gasteiger partial charge in [0.2, 0.25) is 23.7 Å². The van der Waals surface area contributed by atoms with E-state index in [9.17, 15) is 14.4 Å². The minimum absolute atomic E-state index is 0.0621. The Morgan fingerprint density at radius 1 is 0.944 bits per heavy atom. The summed E-state index contributed by atoms with van der Waals surface area (Å²) in [5.41, 5.74) is 2.17. The van der Waals surface area contributed by atoms with Gasteiger partial charge in [-0.1, -0.05) is 25.8 Å². The third-order valence-corrected chi connectivity index (χ3v) is 5.76. The van der Waals surface area contributed by atoms with Gasteiger partial charge in [-0.3, -0.25) is 14.4 Å². The number of nitrogens with zero attached hydrogens (tertiary/aromatic N) is 5. The lowest BCUT2D eigenvalue weighted by Gasteiger charge is -2.32. The lowest BCUT2D eigenvalue weighted by molar-refractivity contribution is -0.127. The van der Waals surface area contributed by atoms with E-state index in [1.165, 1.54) is 12.2 Å². The molecule has 0 radical (unpaired) electrons. The fraction of sp³-hybridized carbons (Fsp3) is 0.200. The molecule has 3 amide bonds. The molecule has 1 aliphatic rings. The highest BCUT2D eigenvalue weighted by molar-refractivity contribution is 6.03. The highest BCUT2D eigenvalue weighted by atomic mass is 16.2. The van der Waals surface area contributed by atoms with Gasteiger partial charge in [0.15, 0.2) is 17.0 Å². The molecule has 3 N–H and O–H groups in total. The average molecular weight is 487 g/mol. The van der Waals surface area contributed by atoms with Crippen LogP contribution in [0.1, 0.15) is 18.9 Å². The van der Waals surface area contributed by atoms with Crippen molar-refractivity contribution in [3.8, 4) is 0 Å². The van der Waals surface area contributed by atoms with E-state index < -0.39 is 5.91 Å². The first-order valence-electron chi connectivity index (χ1n) is 11.3. The molecule has 4 rings (SSSR count). The van der Waals surface area contributed by atoms with Gasteiger partial charge in [0, 0.05) is 30.5 Å². The lowest BCUT2D eigenvalue weighted by Crippen LogP contribution is -2.38. The van der Waals surface area contributed by atoms with Crippen LogP contribution in [0.25, 0.3) is 11.2 Å². The van der Waals surface area contributed by atoms with Crippen molar-refractivity contribution in [1.82, 2.24) is 24.4 Å². The molecule has 184 valence electrons. The zero-order valence-electron chi connectivity index (χ0n) is 19.6. The fourth-order valence-corrected chi connectivity index (χ4v) is 3.99. The molecule has 1 saturated heterocycles. The summed E-state index contributed by atoms with van der Waals surface area (Å²) in [5.74, 6) is -0.375. The Kier molecular flexibility index (Phi) is 7.19. The van der Waals surface area contributed by atoms with Crippen molar-refractivity contribution in [3.63, 3.8) is 0 Å². The maximum absolute atomic E-state index is 12.1. The monoisotopic (exact) mass is 486 g/mol. The van der Waals surface area contributed by atoms with E-state index in [2.05, 4.69) is 50.6 Å². The summed E-state index contributed by atoms with van der Waals surface area (Å²) in [6.45, 7) is 11.7. The molecule has 0 aliphatic carbocycles. The van der Waals surface area contributed by atoms with Crippen LogP contribution in [-0.4, -0.2) is 55.2 Å². The number of anilines is 4. The molecule has 0 bridgehead atoms. The van der Waals surface area contributed by atoms with Crippen LogP contribution in [0.15, 0.2) is 68.6 Å². The molecule has 11 heteroatoms. The van der Waals surface area contributed by atoms with Gasteiger partial charge >= 0.3 is 0 Å². The molecule has 36 heavy (non-hydrogen) atoms. The van der Waals surface area contributed by atoms with Gasteiger partial charge in [-0.25, -0.2) is 4.98 Å². The summed E-state index contributed by atoms with van der Waals surface area (Å²) >= 11 is 0. The van der Waals surface area contributed by atoms with Gasteiger partial charge in [-0.15, -0.1) is 0 Å². The number of carbonyl (C=O) groups is 3. The number of hydrogen-bond acceptors (Lipinski definition) is 7. The molecule has 0 atom stereocenters. The number of nitrogens with one attached hydrogen (secondary N) is 3. The Bertz CT molecular complexity index is 1350.